The molecule has 0 heterocycles. The van der Waals surface area contributed by atoms with Gasteiger partial charge in [-0.15, -0.1) is 0 Å². The summed E-state index contributed by atoms with van der Waals surface area (Å²) in [7, 11) is -3.62. The van der Waals surface area contributed by atoms with Crippen LogP contribution < -0.4 is 15.3 Å². The highest BCUT2D eigenvalue weighted by Crippen LogP contribution is 2.32. The molecule has 1 fully saturated rings. The Kier molecular flexibility index (Phi) is 8.55. The molecule has 2 N–H and O–H groups in total. The van der Waals surface area contributed by atoms with E-state index >= 15 is 0 Å². The molecule has 0 unspecified atom stereocenters. The van der Waals surface area contributed by atoms with Gasteiger partial charge in [0.05, 0.1) is 16.3 Å². The van der Waals surface area contributed by atoms with Crippen molar-refractivity contribution in [3.63, 3.8) is 0 Å². The second-order valence-electron chi connectivity index (χ2n) is 9.08. The molecule has 2 atom stereocenters. The summed E-state index contributed by atoms with van der Waals surface area (Å²) in [6.45, 7) is 1.92. The normalized spacial score (nSPS) is 18.1. The van der Waals surface area contributed by atoms with Gasteiger partial charge in [-0.25, -0.2) is 10.3 Å². The third-order valence-corrected chi connectivity index (χ3v) is 7.72. The summed E-state index contributed by atoms with van der Waals surface area (Å²) < 4.78 is 24.7. The van der Waals surface area contributed by atoms with Gasteiger partial charge in [-0.1, -0.05) is 60.5 Å². The number of aryl methyl sites for hydroxylation is 1. The standard InChI is InChI=1S/C28H34N4O2S/c1-23-18-20-27(21-19-23)35(33,34)31-29-22-9-8-11-24-12-10-17-28(24)30-32(25-13-4-2-5-14-25)26-15-6-3-7-16-26/h2-7,13-16,18-22,24,28,30-31H,8-12,17H2,1H3/b29-22+/t24-,28-/m1/s1. The lowest BCUT2D eigenvalue weighted by Gasteiger charge is -2.32. The molecule has 1 saturated carbocycles. The number of nitrogens with one attached hydrogen (secondary N) is 2. The van der Waals surface area contributed by atoms with E-state index in [0.717, 1.165) is 42.6 Å². The van der Waals surface area contributed by atoms with Crippen LogP contribution in [-0.4, -0.2) is 20.7 Å². The smallest absolute Gasteiger partial charge is 0.276 e. The van der Waals surface area contributed by atoms with Crippen molar-refractivity contribution in [3.05, 3.63) is 90.5 Å². The second-order valence-corrected chi connectivity index (χ2v) is 10.7. The number of para-hydroxylation sites is 2. The Labute approximate surface area is 209 Å². The molecule has 0 bridgehead atoms. The zero-order valence-corrected chi connectivity index (χ0v) is 21.0. The predicted molar refractivity (Wildman–Crippen MR) is 143 cm³/mol. The van der Waals surface area contributed by atoms with Gasteiger partial charge in [-0.3, -0.25) is 5.01 Å². The first kappa shape index (κ1) is 24.9. The Morgan fingerprint density at radius 2 is 1.54 bits per heavy atom. The van der Waals surface area contributed by atoms with Crippen molar-refractivity contribution in [2.24, 2.45) is 11.0 Å². The first-order chi connectivity index (χ1) is 17.0. The van der Waals surface area contributed by atoms with E-state index in [4.69, 9.17) is 0 Å². The van der Waals surface area contributed by atoms with Crippen LogP contribution in [0.1, 0.15) is 44.1 Å². The van der Waals surface area contributed by atoms with Crippen molar-refractivity contribution in [2.45, 2.75) is 56.4 Å². The van der Waals surface area contributed by atoms with Gasteiger partial charge in [0.15, 0.2) is 0 Å². The van der Waals surface area contributed by atoms with E-state index in [0.29, 0.717) is 12.0 Å². The first-order valence-corrected chi connectivity index (χ1v) is 13.8. The van der Waals surface area contributed by atoms with Crippen LogP contribution in [0.4, 0.5) is 11.4 Å². The number of unbranched alkanes of at least 4 members (excludes halogenated alkanes) is 1. The van der Waals surface area contributed by atoms with Gasteiger partial charge in [-0.2, -0.15) is 13.5 Å². The van der Waals surface area contributed by atoms with E-state index in [9.17, 15) is 8.42 Å². The quantitative estimate of drug-likeness (QED) is 0.198. The Bertz CT molecular complexity index is 1140. The number of rotatable bonds is 11. The average molecular weight is 491 g/mol. The van der Waals surface area contributed by atoms with E-state index in [2.05, 4.69) is 68.9 Å². The van der Waals surface area contributed by atoms with E-state index in [1.165, 1.54) is 12.8 Å². The highest BCUT2D eigenvalue weighted by Gasteiger charge is 2.28. The highest BCUT2D eigenvalue weighted by atomic mass is 32.2. The molecule has 0 spiro atoms. The largest absolute Gasteiger partial charge is 0.277 e. The van der Waals surface area contributed by atoms with Crippen molar-refractivity contribution in [1.29, 1.82) is 0 Å². The molecule has 0 radical (unpaired) electrons. The number of benzene rings is 3. The van der Waals surface area contributed by atoms with Crippen molar-refractivity contribution in [3.8, 4) is 0 Å². The van der Waals surface area contributed by atoms with Crippen LogP contribution in [0.3, 0.4) is 0 Å². The van der Waals surface area contributed by atoms with Crippen LogP contribution >= 0.6 is 0 Å². The predicted octanol–water partition coefficient (Wildman–Crippen LogP) is 5.94. The number of hydrogen-bond acceptors (Lipinski definition) is 5. The summed E-state index contributed by atoms with van der Waals surface area (Å²) in [5.74, 6) is 0.572. The maximum Gasteiger partial charge on any atom is 0.276 e. The van der Waals surface area contributed by atoms with Crippen LogP contribution in [0.5, 0.6) is 0 Å². The number of anilines is 2. The topological polar surface area (TPSA) is 73.8 Å². The molecule has 0 saturated heterocycles. The zero-order valence-electron chi connectivity index (χ0n) is 20.2. The third-order valence-electron chi connectivity index (χ3n) is 6.49. The number of nitrogens with zero attached hydrogens (tertiary/aromatic N) is 2. The molecule has 3 aromatic carbocycles. The fraction of sp³-hybridized carbons (Fsp3) is 0.321. The van der Waals surface area contributed by atoms with E-state index in [-0.39, 0.29) is 4.90 Å². The van der Waals surface area contributed by atoms with Crippen molar-refractivity contribution in [2.75, 3.05) is 5.01 Å². The van der Waals surface area contributed by atoms with Gasteiger partial charge < -0.3 is 0 Å². The van der Waals surface area contributed by atoms with Crippen LogP contribution in [-0.2, 0) is 10.0 Å². The molecule has 7 heteroatoms. The SMILES string of the molecule is Cc1ccc(S(=O)(=O)N/N=C/CCC[C@@H]2CCC[C@H]2NN(c2ccccc2)c2ccccc2)cc1. The van der Waals surface area contributed by atoms with E-state index in [1.807, 2.05) is 19.1 Å². The Balaban J connectivity index is 1.29. The van der Waals surface area contributed by atoms with Crippen molar-refractivity contribution in [1.82, 2.24) is 10.3 Å². The molecule has 4 rings (SSSR count). The summed E-state index contributed by atoms with van der Waals surface area (Å²) in [6, 6.07) is 27.9. The molecule has 1 aliphatic carbocycles. The summed E-state index contributed by atoms with van der Waals surface area (Å²) in [5, 5.41) is 6.16. The minimum atomic E-state index is -3.62. The monoisotopic (exact) mass is 490 g/mol. The lowest BCUT2D eigenvalue weighted by molar-refractivity contribution is 0.376. The lowest BCUT2D eigenvalue weighted by atomic mass is 9.97. The maximum absolute atomic E-state index is 12.3. The summed E-state index contributed by atoms with van der Waals surface area (Å²) in [5.41, 5.74) is 7.06. The molecule has 35 heavy (non-hydrogen) atoms. The highest BCUT2D eigenvalue weighted by molar-refractivity contribution is 7.89. The molecule has 1 aliphatic rings. The molecular formula is C28H34N4O2S. The molecule has 6 nitrogen and oxygen atoms in total. The van der Waals surface area contributed by atoms with Crippen LogP contribution in [0, 0.1) is 12.8 Å². The average Bonchev–Trinajstić information content (AvgIpc) is 3.33. The Morgan fingerprint density at radius 3 is 2.17 bits per heavy atom. The van der Waals surface area contributed by atoms with Crippen LogP contribution in [0.25, 0.3) is 0 Å². The maximum atomic E-state index is 12.3. The summed E-state index contributed by atoms with van der Waals surface area (Å²) in [6.07, 6.45) is 8.01. The molecule has 184 valence electrons. The minimum Gasteiger partial charge on any atom is -0.277 e. The zero-order chi connectivity index (χ0) is 24.5. The van der Waals surface area contributed by atoms with Crippen LogP contribution in [0.15, 0.2) is 94.9 Å². The fourth-order valence-electron chi connectivity index (χ4n) is 4.58. The minimum absolute atomic E-state index is 0.224. The molecule has 0 amide bonds. The number of hydrazine groups is 1. The van der Waals surface area contributed by atoms with E-state index in [1.54, 1.807) is 30.5 Å². The number of hydrazone groups is 1. The molecular weight excluding hydrogens is 456 g/mol. The van der Waals surface area contributed by atoms with Gasteiger partial charge in [0.1, 0.15) is 0 Å². The first-order valence-electron chi connectivity index (χ1n) is 12.3. The Hall–Kier alpha value is -3.16. The van der Waals surface area contributed by atoms with Gasteiger partial charge in [-0.05, 0) is 81.3 Å². The lowest BCUT2D eigenvalue weighted by Crippen LogP contribution is -2.43. The molecule has 0 aromatic heterocycles. The number of hydrogen-bond donors (Lipinski definition) is 2. The van der Waals surface area contributed by atoms with Crippen LogP contribution in [0.2, 0.25) is 0 Å². The molecule has 0 aliphatic heterocycles. The fourth-order valence-corrected chi connectivity index (χ4v) is 5.40. The summed E-state index contributed by atoms with van der Waals surface area (Å²) >= 11 is 0. The van der Waals surface area contributed by atoms with Gasteiger partial charge in [0, 0.05) is 12.3 Å². The van der Waals surface area contributed by atoms with Gasteiger partial charge in [0.25, 0.3) is 10.0 Å². The van der Waals surface area contributed by atoms with Crippen molar-refractivity contribution < 1.29 is 8.42 Å². The Morgan fingerprint density at radius 1 is 0.914 bits per heavy atom. The molecule has 3 aromatic rings. The third kappa shape index (κ3) is 6.93. The number of sulfonamides is 1. The van der Waals surface area contributed by atoms with E-state index < -0.39 is 10.0 Å². The van der Waals surface area contributed by atoms with Crippen molar-refractivity contribution >= 4 is 27.6 Å². The summed E-state index contributed by atoms with van der Waals surface area (Å²) in [4.78, 5) is 2.54. The van der Waals surface area contributed by atoms with Gasteiger partial charge >= 0.3 is 0 Å². The second kappa shape index (κ2) is 12.0. The van der Waals surface area contributed by atoms with Gasteiger partial charge in [0.2, 0.25) is 0 Å².